The Kier molecular flexibility index (Phi) is 5.16. The summed E-state index contributed by atoms with van der Waals surface area (Å²) in [6.07, 6.45) is 4.04. The fourth-order valence-electron chi connectivity index (χ4n) is 2.58. The molecule has 0 saturated carbocycles. The van der Waals surface area contributed by atoms with Crippen LogP contribution in [0.1, 0.15) is 32.6 Å². The van der Waals surface area contributed by atoms with Gasteiger partial charge in [-0.25, -0.2) is 8.42 Å². The maximum absolute atomic E-state index is 11.4. The van der Waals surface area contributed by atoms with E-state index in [1.165, 1.54) is 6.26 Å². The van der Waals surface area contributed by atoms with Crippen molar-refractivity contribution in [2.24, 2.45) is 5.41 Å². The van der Waals surface area contributed by atoms with Crippen molar-refractivity contribution < 1.29 is 18.3 Å². The maximum Gasteiger partial charge on any atom is 0.310 e. The predicted molar refractivity (Wildman–Crippen MR) is 70.4 cm³/mol. The number of likely N-dealkylation sites (tertiary alicyclic amines) is 1. The molecule has 1 heterocycles. The molecule has 0 radical (unpaired) electrons. The van der Waals surface area contributed by atoms with Crippen molar-refractivity contribution in [3.05, 3.63) is 0 Å². The third-order valence-corrected chi connectivity index (χ3v) is 4.81. The lowest BCUT2D eigenvalue weighted by Gasteiger charge is -2.39. The summed E-state index contributed by atoms with van der Waals surface area (Å²) in [5.41, 5.74) is -0.636. The van der Waals surface area contributed by atoms with Gasteiger partial charge in [0, 0.05) is 12.8 Å². The van der Waals surface area contributed by atoms with Crippen molar-refractivity contribution in [2.75, 3.05) is 31.6 Å². The Bertz CT molecular complexity index is 393. The number of hydrogen-bond donors (Lipinski definition) is 1. The molecule has 0 bridgehead atoms. The van der Waals surface area contributed by atoms with Gasteiger partial charge < -0.3 is 10.0 Å². The first-order valence-electron chi connectivity index (χ1n) is 6.42. The number of carboxylic acids is 1. The van der Waals surface area contributed by atoms with Gasteiger partial charge in [0.15, 0.2) is 0 Å². The molecule has 106 valence electrons. The van der Waals surface area contributed by atoms with Crippen LogP contribution in [0.25, 0.3) is 0 Å². The molecule has 0 aliphatic carbocycles. The highest BCUT2D eigenvalue weighted by Crippen LogP contribution is 2.33. The Morgan fingerprint density at radius 2 is 2.11 bits per heavy atom. The van der Waals surface area contributed by atoms with Gasteiger partial charge in [-0.2, -0.15) is 0 Å². The van der Waals surface area contributed by atoms with Crippen LogP contribution >= 0.6 is 0 Å². The Balaban J connectivity index is 2.51. The molecule has 1 atom stereocenters. The number of hydrogen-bond acceptors (Lipinski definition) is 4. The van der Waals surface area contributed by atoms with Gasteiger partial charge in [0.05, 0.1) is 11.2 Å². The molecule has 5 nitrogen and oxygen atoms in total. The number of rotatable bonds is 6. The molecule has 1 N–H and O–H groups in total. The van der Waals surface area contributed by atoms with Crippen molar-refractivity contribution >= 4 is 15.8 Å². The van der Waals surface area contributed by atoms with E-state index in [1.54, 1.807) is 0 Å². The summed E-state index contributed by atoms with van der Waals surface area (Å²) in [7, 11) is -2.92. The Morgan fingerprint density at radius 1 is 1.44 bits per heavy atom. The van der Waals surface area contributed by atoms with E-state index in [0.717, 1.165) is 19.4 Å². The van der Waals surface area contributed by atoms with E-state index < -0.39 is 21.2 Å². The lowest BCUT2D eigenvalue weighted by molar-refractivity contribution is -0.152. The van der Waals surface area contributed by atoms with Crippen LogP contribution in [0.15, 0.2) is 0 Å². The highest BCUT2D eigenvalue weighted by atomic mass is 32.2. The van der Waals surface area contributed by atoms with E-state index >= 15 is 0 Å². The molecule has 1 unspecified atom stereocenters. The van der Waals surface area contributed by atoms with Crippen molar-refractivity contribution in [1.82, 2.24) is 4.90 Å². The van der Waals surface area contributed by atoms with Crippen LogP contribution in [0, 0.1) is 5.41 Å². The average molecular weight is 277 g/mol. The van der Waals surface area contributed by atoms with E-state index in [-0.39, 0.29) is 5.75 Å². The van der Waals surface area contributed by atoms with Crippen LogP contribution < -0.4 is 0 Å². The normalized spacial score (nSPS) is 26.1. The van der Waals surface area contributed by atoms with Gasteiger partial charge in [-0.1, -0.05) is 6.92 Å². The molecule has 0 spiro atoms. The molecular weight excluding hydrogens is 254 g/mol. The zero-order valence-corrected chi connectivity index (χ0v) is 12.0. The van der Waals surface area contributed by atoms with Crippen LogP contribution in [-0.2, 0) is 14.6 Å². The SMILES string of the molecule is CCC1(C(=O)O)CCCN(CCCS(C)(=O)=O)C1. The molecule has 18 heavy (non-hydrogen) atoms. The fraction of sp³-hybridized carbons (Fsp3) is 0.917. The topological polar surface area (TPSA) is 74.7 Å². The van der Waals surface area contributed by atoms with E-state index in [9.17, 15) is 18.3 Å². The molecule has 0 aromatic carbocycles. The van der Waals surface area contributed by atoms with Gasteiger partial charge in [0.25, 0.3) is 0 Å². The van der Waals surface area contributed by atoms with Gasteiger partial charge in [0.1, 0.15) is 9.84 Å². The summed E-state index contributed by atoms with van der Waals surface area (Å²) in [4.78, 5) is 13.5. The molecule has 0 amide bonds. The summed E-state index contributed by atoms with van der Waals surface area (Å²) in [5.74, 6) is -0.548. The maximum atomic E-state index is 11.4. The monoisotopic (exact) mass is 277 g/mol. The minimum atomic E-state index is -2.92. The number of nitrogens with zero attached hydrogens (tertiary/aromatic N) is 1. The van der Waals surface area contributed by atoms with Crippen LogP contribution in [0.3, 0.4) is 0 Å². The van der Waals surface area contributed by atoms with Crippen LogP contribution in [0.4, 0.5) is 0 Å². The minimum absolute atomic E-state index is 0.176. The molecule has 1 fully saturated rings. The molecule has 0 aromatic heterocycles. The largest absolute Gasteiger partial charge is 0.481 e. The second-order valence-electron chi connectivity index (χ2n) is 5.30. The summed E-state index contributed by atoms with van der Waals surface area (Å²) in [5, 5.41) is 9.34. The summed E-state index contributed by atoms with van der Waals surface area (Å²) in [6, 6.07) is 0. The fourth-order valence-corrected chi connectivity index (χ4v) is 3.24. The van der Waals surface area contributed by atoms with E-state index in [4.69, 9.17) is 0 Å². The molecule has 1 aliphatic rings. The van der Waals surface area contributed by atoms with Crippen LogP contribution in [0.2, 0.25) is 0 Å². The first-order valence-corrected chi connectivity index (χ1v) is 8.48. The van der Waals surface area contributed by atoms with Crippen LogP contribution in [0.5, 0.6) is 0 Å². The van der Waals surface area contributed by atoms with Crippen molar-refractivity contribution in [2.45, 2.75) is 32.6 Å². The van der Waals surface area contributed by atoms with Gasteiger partial charge in [-0.05, 0) is 38.8 Å². The molecule has 1 aliphatic heterocycles. The first-order chi connectivity index (χ1) is 8.29. The molecule has 0 aromatic rings. The minimum Gasteiger partial charge on any atom is -0.481 e. The second-order valence-corrected chi connectivity index (χ2v) is 7.56. The number of carbonyl (C=O) groups is 1. The van der Waals surface area contributed by atoms with Gasteiger partial charge in [-0.15, -0.1) is 0 Å². The number of piperidine rings is 1. The van der Waals surface area contributed by atoms with Crippen LogP contribution in [-0.4, -0.2) is 56.0 Å². The summed E-state index contributed by atoms with van der Waals surface area (Å²) < 4.78 is 22.1. The van der Waals surface area contributed by atoms with Gasteiger partial charge in [0.2, 0.25) is 0 Å². The second kappa shape index (κ2) is 6.02. The smallest absolute Gasteiger partial charge is 0.310 e. The quantitative estimate of drug-likeness (QED) is 0.784. The zero-order valence-electron chi connectivity index (χ0n) is 11.2. The van der Waals surface area contributed by atoms with E-state index in [2.05, 4.69) is 4.90 Å². The van der Waals surface area contributed by atoms with Gasteiger partial charge in [-0.3, -0.25) is 4.79 Å². The van der Waals surface area contributed by atoms with Crippen molar-refractivity contribution in [1.29, 1.82) is 0 Å². The third kappa shape index (κ3) is 4.24. The Morgan fingerprint density at radius 3 is 2.61 bits per heavy atom. The lowest BCUT2D eigenvalue weighted by atomic mass is 9.77. The predicted octanol–water partition coefficient (Wildman–Crippen LogP) is 0.998. The summed E-state index contributed by atoms with van der Waals surface area (Å²) >= 11 is 0. The highest BCUT2D eigenvalue weighted by Gasteiger charge is 2.40. The molecular formula is C12H23NO4S. The lowest BCUT2D eigenvalue weighted by Crippen LogP contribution is -2.47. The number of carboxylic acid groups (broad SMARTS) is 1. The standard InChI is InChI=1S/C12H23NO4S/c1-3-12(11(14)15)6-4-7-13(10-12)8-5-9-18(2,16)17/h3-10H2,1-2H3,(H,14,15). The first kappa shape index (κ1) is 15.4. The molecule has 6 heteroatoms. The van der Waals surface area contributed by atoms with Crippen molar-refractivity contribution in [3.8, 4) is 0 Å². The summed E-state index contributed by atoms with van der Waals surface area (Å²) in [6.45, 7) is 4.00. The van der Waals surface area contributed by atoms with Gasteiger partial charge >= 0.3 is 5.97 Å². The Labute approximate surface area is 109 Å². The average Bonchev–Trinajstić information content (AvgIpc) is 2.27. The molecule has 1 rings (SSSR count). The van der Waals surface area contributed by atoms with E-state index in [1.807, 2.05) is 6.92 Å². The number of sulfone groups is 1. The van der Waals surface area contributed by atoms with Crippen molar-refractivity contribution in [3.63, 3.8) is 0 Å². The van der Waals surface area contributed by atoms with E-state index in [0.29, 0.717) is 25.9 Å². The zero-order chi connectivity index (χ0) is 13.8. The third-order valence-electron chi connectivity index (χ3n) is 3.78. The molecule has 1 saturated heterocycles. The highest BCUT2D eigenvalue weighted by molar-refractivity contribution is 7.90. The Hall–Kier alpha value is -0.620. The number of aliphatic carboxylic acids is 1.